The number of para-hydroxylation sites is 1. The number of ether oxygens (including phenoxy) is 1. The number of nitrogens with one attached hydrogen (secondary N) is 1. The van der Waals surface area contributed by atoms with Gasteiger partial charge in [-0.15, -0.1) is 0 Å². The van der Waals surface area contributed by atoms with Crippen LogP contribution < -0.4 is 10.1 Å². The summed E-state index contributed by atoms with van der Waals surface area (Å²) in [6.07, 6.45) is 3.89. The molecule has 1 aliphatic heterocycles. The molecule has 1 heterocycles. The lowest BCUT2D eigenvalue weighted by Gasteiger charge is -2.30. The fourth-order valence-electron chi connectivity index (χ4n) is 3.17. The van der Waals surface area contributed by atoms with E-state index in [-0.39, 0.29) is 0 Å². The van der Waals surface area contributed by atoms with Crippen molar-refractivity contribution >= 4 is 0 Å². The molecular weight excluding hydrogens is 260 g/mol. The van der Waals surface area contributed by atoms with Crippen LogP contribution in [0.15, 0.2) is 24.3 Å². The van der Waals surface area contributed by atoms with E-state index in [0.717, 1.165) is 31.4 Å². The average Bonchev–Trinajstić information content (AvgIpc) is 2.51. The third-order valence-corrected chi connectivity index (χ3v) is 4.12. The van der Waals surface area contributed by atoms with Crippen molar-refractivity contribution in [1.82, 2.24) is 10.2 Å². The summed E-state index contributed by atoms with van der Waals surface area (Å²) < 4.78 is 5.77. The van der Waals surface area contributed by atoms with Crippen molar-refractivity contribution in [2.75, 3.05) is 32.8 Å². The Balaban J connectivity index is 1.97. The largest absolute Gasteiger partial charge is 0.494 e. The number of piperidine rings is 1. The minimum Gasteiger partial charge on any atom is -0.494 e. The second kappa shape index (κ2) is 9.06. The topological polar surface area (TPSA) is 24.5 Å². The molecule has 0 amide bonds. The van der Waals surface area contributed by atoms with Gasteiger partial charge in [-0.3, -0.25) is 4.90 Å². The van der Waals surface area contributed by atoms with Crippen molar-refractivity contribution in [1.29, 1.82) is 0 Å². The van der Waals surface area contributed by atoms with Gasteiger partial charge in [0.1, 0.15) is 5.75 Å². The zero-order valence-electron chi connectivity index (χ0n) is 13.6. The number of hydrogen-bond donors (Lipinski definition) is 1. The van der Waals surface area contributed by atoms with E-state index in [0.29, 0.717) is 0 Å². The highest BCUT2D eigenvalue weighted by atomic mass is 16.5. The fourth-order valence-corrected chi connectivity index (χ4v) is 3.17. The van der Waals surface area contributed by atoms with E-state index in [9.17, 15) is 0 Å². The Labute approximate surface area is 129 Å². The molecule has 1 unspecified atom stereocenters. The Morgan fingerprint density at radius 3 is 2.86 bits per heavy atom. The smallest absolute Gasteiger partial charge is 0.123 e. The molecule has 0 radical (unpaired) electrons. The normalized spacial score (nSPS) is 18.9. The molecule has 0 aliphatic carbocycles. The van der Waals surface area contributed by atoms with Gasteiger partial charge in [0.25, 0.3) is 0 Å². The molecule has 21 heavy (non-hydrogen) atoms. The Morgan fingerprint density at radius 2 is 2.14 bits per heavy atom. The summed E-state index contributed by atoms with van der Waals surface area (Å²) in [5.41, 5.74) is 1.32. The molecule has 1 saturated heterocycles. The summed E-state index contributed by atoms with van der Waals surface area (Å²) in [6, 6.07) is 8.46. The van der Waals surface area contributed by atoms with Gasteiger partial charge >= 0.3 is 0 Å². The fraction of sp³-hybridized carbons (Fsp3) is 0.667. The molecule has 3 nitrogen and oxygen atoms in total. The van der Waals surface area contributed by atoms with E-state index in [2.05, 4.69) is 41.4 Å². The molecule has 0 bridgehead atoms. The highest BCUT2D eigenvalue weighted by Crippen LogP contribution is 2.21. The van der Waals surface area contributed by atoms with Crippen LogP contribution in [0, 0.1) is 5.92 Å². The van der Waals surface area contributed by atoms with Crippen LogP contribution in [-0.2, 0) is 6.54 Å². The standard InChI is InChI=1S/C18H30N2O/c1-3-12-20(14-16-8-7-11-19-13-16)15-17-9-5-6-10-18(17)21-4-2/h5-6,9-10,16,19H,3-4,7-8,11-15H2,1-2H3. The van der Waals surface area contributed by atoms with Gasteiger partial charge < -0.3 is 10.1 Å². The maximum atomic E-state index is 5.77. The van der Waals surface area contributed by atoms with Crippen LogP contribution in [0.2, 0.25) is 0 Å². The minimum atomic E-state index is 0.733. The lowest BCUT2D eigenvalue weighted by molar-refractivity contribution is 0.198. The first-order chi connectivity index (χ1) is 10.3. The van der Waals surface area contributed by atoms with Gasteiger partial charge in [0.05, 0.1) is 6.61 Å². The second-order valence-corrected chi connectivity index (χ2v) is 5.99. The van der Waals surface area contributed by atoms with Gasteiger partial charge in [-0.1, -0.05) is 25.1 Å². The third kappa shape index (κ3) is 5.33. The molecule has 1 atom stereocenters. The van der Waals surface area contributed by atoms with E-state index in [4.69, 9.17) is 4.74 Å². The quantitative estimate of drug-likeness (QED) is 0.795. The molecule has 1 fully saturated rings. The van der Waals surface area contributed by atoms with Crippen LogP contribution in [0.4, 0.5) is 0 Å². The van der Waals surface area contributed by atoms with Crippen molar-refractivity contribution in [3.05, 3.63) is 29.8 Å². The van der Waals surface area contributed by atoms with Crippen molar-refractivity contribution in [3.63, 3.8) is 0 Å². The highest BCUT2D eigenvalue weighted by molar-refractivity contribution is 5.33. The molecule has 2 rings (SSSR count). The number of benzene rings is 1. The molecule has 3 heteroatoms. The van der Waals surface area contributed by atoms with Crippen LogP contribution in [0.5, 0.6) is 5.75 Å². The molecule has 0 spiro atoms. The predicted octanol–water partition coefficient (Wildman–Crippen LogP) is 3.30. The Morgan fingerprint density at radius 1 is 1.29 bits per heavy atom. The van der Waals surface area contributed by atoms with Crippen molar-refractivity contribution in [2.24, 2.45) is 5.92 Å². The SMILES string of the molecule is CCCN(Cc1ccccc1OCC)CC1CCCNC1. The van der Waals surface area contributed by atoms with Crippen LogP contribution in [-0.4, -0.2) is 37.7 Å². The van der Waals surface area contributed by atoms with E-state index >= 15 is 0 Å². The molecule has 1 aromatic rings. The molecule has 1 N–H and O–H groups in total. The lowest BCUT2D eigenvalue weighted by atomic mass is 9.98. The van der Waals surface area contributed by atoms with E-state index in [1.807, 2.05) is 6.92 Å². The van der Waals surface area contributed by atoms with Crippen molar-refractivity contribution < 1.29 is 4.74 Å². The average molecular weight is 290 g/mol. The summed E-state index contributed by atoms with van der Waals surface area (Å²) in [5, 5.41) is 3.53. The van der Waals surface area contributed by atoms with E-state index < -0.39 is 0 Å². The van der Waals surface area contributed by atoms with Crippen LogP contribution in [0.1, 0.15) is 38.7 Å². The van der Waals surface area contributed by atoms with E-state index in [1.165, 1.54) is 44.5 Å². The van der Waals surface area contributed by atoms with Gasteiger partial charge in [-0.05, 0) is 57.8 Å². The monoisotopic (exact) mass is 290 g/mol. The Kier molecular flexibility index (Phi) is 7.04. The summed E-state index contributed by atoms with van der Waals surface area (Å²) in [5.74, 6) is 1.84. The molecule has 0 aromatic heterocycles. The van der Waals surface area contributed by atoms with Gasteiger partial charge in [0, 0.05) is 18.7 Å². The predicted molar refractivity (Wildman–Crippen MR) is 88.8 cm³/mol. The second-order valence-electron chi connectivity index (χ2n) is 5.99. The number of nitrogens with zero attached hydrogens (tertiary/aromatic N) is 1. The van der Waals surface area contributed by atoms with Gasteiger partial charge in [-0.2, -0.15) is 0 Å². The first-order valence-corrected chi connectivity index (χ1v) is 8.47. The molecule has 1 aliphatic rings. The minimum absolute atomic E-state index is 0.733. The van der Waals surface area contributed by atoms with Gasteiger partial charge in [0.2, 0.25) is 0 Å². The maximum absolute atomic E-state index is 5.77. The van der Waals surface area contributed by atoms with Gasteiger partial charge in [0.15, 0.2) is 0 Å². The van der Waals surface area contributed by atoms with Crippen molar-refractivity contribution in [2.45, 2.75) is 39.7 Å². The number of hydrogen-bond acceptors (Lipinski definition) is 3. The molecule has 0 saturated carbocycles. The van der Waals surface area contributed by atoms with Crippen molar-refractivity contribution in [3.8, 4) is 5.75 Å². The Bertz CT molecular complexity index is 402. The number of rotatable bonds is 8. The Hall–Kier alpha value is -1.06. The summed E-state index contributed by atoms with van der Waals surface area (Å²) >= 11 is 0. The van der Waals surface area contributed by atoms with Crippen LogP contribution in [0.3, 0.4) is 0 Å². The summed E-state index contributed by atoms with van der Waals surface area (Å²) in [6.45, 7) is 10.8. The molecular formula is C18H30N2O. The first-order valence-electron chi connectivity index (χ1n) is 8.47. The zero-order chi connectivity index (χ0) is 14.9. The van der Waals surface area contributed by atoms with Crippen LogP contribution in [0.25, 0.3) is 0 Å². The van der Waals surface area contributed by atoms with Crippen LogP contribution >= 0.6 is 0 Å². The van der Waals surface area contributed by atoms with E-state index in [1.54, 1.807) is 0 Å². The van der Waals surface area contributed by atoms with Gasteiger partial charge in [-0.25, -0.2) is 0 Å². The molecule has 118 valence electrons. The lowest BCUT2D eigenvalue weighted by Crippen LogP contribution is -2.38. The highest BCUT2D eigenvalue weighted by Gasteiger charge is 2.17. The zero-order valence-corrected chi connectivity index (χ0v) is 13.6. The molecule has 1 aromatic carbocycles. The third-order valence-electron chi connectivity index (χ3n) is 4.12. The summed E-state index contributed by atoms with van der Waals surface area (Å²) in [4.78, 5) is 2.59. The first kappa shape index (κ1) is 16.3. The maximum Gasteiger partial charge on any atom is 0.123 e. The summed E-state index contributed by atoms with van der Waals surface area (Å²) in [7, 11) is 0.